The van der Waals surface area contributed by atoms with Gasteiger partial charge in [0, 0.05) is 73.5 Å². The summed E-state index contributed by atoms with van der Waals surface area (Å²) in [4.78, 5) is 37.2. The van der Waals surface area contributed by atoms with E-state index in [0.717, 1.165) is 68.8 Å². The second-order valence-corrected chi connectivity index (χ2v) is 13.0. The lowest BCUT2D eigenvalue weighted by molar-refractivity contribution is 0.0981. The molecule has 1 aromatic heterocycles. The van der Waals surface area contributed by atoms with Gasteiger partial charge in [-0.2, -0.15) is 15.0 Å². The first-order valence-corrected chi connectivity index (χ1v) is 16.6. The lowest BCUT2D eigenvalue weighted by Gasteiger charge is -2.36. The molecule has 11 nitrogen and oxygen atoms in total. The van der Waals surface area contributed by atoms with Crippen LogP contribution in [-0.2, 0) is 4.74 Å². The van der Waals surface area contributed by atoms with E-state index in [1.54, 1.807) is 0 Å². The normalized spacial score (nSPS) is 24.2. The van der Waals surface area contributed by atoms with Crippen LogP contribution >= 0.6 is 0 Å². The highest BCUT2D eigenvalue weighted by molar-refractivity contribution is 5.99. The van der Waals surface area contributed by atoms with Gasteiger partial charge in [0.15, 0.2) is 5.82 Å². The van der Waals surface area contributed by atoms with Gasteiger partial charge in [-0.15, -0.1) is 0 Å². The molecule has 2 aromatic carbocycles. The topological polar surface area (TPSA) is 102 Å². The SMILES string of the molecule is CC1COCCN1c1nc(-c2ccc(NC(=O)Nc3ccc(N4CCN(C5CC5)CC4)cc3)cc2)nc(N2C(C)CCC2C)n1. The Kier molecular flexibility index (Phi) is 8.46. The van der Waals surface area contributed by atoms with E-state index in [4.69, 9.17) is 19.7 Å². The van der Waals surface area contributed by atoms with Gasteiger partial charge in [0.25, 0.3) is 0 Å². The Morgan fingerprint density at radius 1 is 0.733 bits per heavy atom. The summed E-state index contributed by atoms with van der Waals surface area (Å²) >= 11 is 0. The molecule has 11 heteroatoms. The molecule has 4 heterocycles. The largest absolute Gasteiger partial charge is 0.377 e. The van der Waals surface area contributed by atoms with Gasteiger partial charge in [-0.05, 0) is 95.0 Å². The molecule has 4 aliphatic rings. The average molecular weight is 612 g/mol. The van der Waals surface area contributed by atoms with Crippen molar-refractivity contribution < 1.29 is 9.53 Å². The molecule has 7 rings (SSSR count). The van der Waals surface area contributed by atoms with Crippen molar-refractivity contribution >= 4 is 35.0 Å². The van der Waals surface area contributed by atoms with Crippen molar-refractivity contribution in [2.24, 2.45) is 0 Å². The Morgan fingerprint density at radius 2 is 1.36 bits per heavy atom. The number of ether oxygens (including phenoxy) is 1. The number of amides is 2. The van der Waals surface area contributed by atoms with E-state index in [1.165, 1.54) is 18.5 Å². The molecular weight excluding hydrogens is 566 g/mol. The summed E-state index contributed by atoms with van der Waals surface area (Å²) in [6.45, 7) is 13.0. The Hall–Kier alpha value is -3.96. The lowest BCUT2D eigenvalue weighted by Crippen LogP contribution is -2.47. The molecule has 45 heavy (non-hydrogen) atoms. The number of urea groups is 1. The molecule has 238 valence electrons. The fraction of sp³-hybridized carbons (Fsp3) is 0.529. The van der Waals surface area contributed by atoms with Crippen LogP contribution < -0.4 is 25.3 Å². The Balaban J connectivity index is 1.01. The van der Waals surface area contributed by atoms with E-state index in [0.29, 0.717) is 42.8 Å². The van der Waals surface area contributed by atoms with Crippen molar-refractivity contribution in [1.82, 2.24) is 19.9 Å². The fourth-order valence-corrected chi connectivity index (χ4v) is 6.88. The Morgan fingerprint density at radius 3 is 1.98 bits per heavy atom. The van der Waals surface area contributed by atoms with Crippen LogP contribution in [0.5, 0.6) is 0 Å². The Labute approximate surface area is 266 Å². The molecule has 0 bridgehead atoms. The smallest absolute Gasteiger partial charge is 0.323 e. The van der Waals surface area contributed by atoms with Gasteiger partial charge >= 0.3 is 6.03 Å². The number of carbonyl (C=O) groups is 1. The Bertz CT molecular complexity index is 1460. The van der Waals surface area contributed by atoms with E-state index in [1.807, 2.05) is 36.4 Å². The number of anilines is 5. The monoisotopic (exact) mass is 611 g/mol. The third-order valence-corrected chi connectivity index (χ3v) is 9.69. The summed E-state index contributed by atoms with van der Waals surface area (Å²) in [5.74, 6) is 2.04. The van der Waals surface area contributed by atoms with Crippen LogP contribution in [0.25, 0.3) is 11.4 Å². The molecule has 4 fully saturated rings. The first-order chi connectivity index (χ1) is 21.9. The molecule has 1 saturated carbocycles. The molecule has 3 unspecified atom stereocenters. The maximum absolute atomic E-state index is 12.8. The molecule has 2 amide bonds. The van der Waals surface area contributed by atoms with Crippen LogP contribution in [-0.4, -0.2) is 96.0 Å². The summed E-state index contributed by atoms with van der Waals surface area (Å²) < 4.78 is 5.67. The highest BCUT2D eigenvalue weighted by atomic mass is 16.5. The predicted octanol–water partition coefficient (Wildman–Crippen LogP) is 5.07. The summed E-state index contributed by atoms with van der Waals surface area (Å²) in [7, 11) is 0. The highest BCUT2D eigenvalue weighted by Gasteiger charge is 2.32. The molecule has 0 radical (unpaired) electrons. The number of hydrogen-bond donors (Lipinski definition) is 2. The van der Waals surface area contributed by atoms with Crippen LogP contribution in [0.1, 0.15) is 46.5 Å². The zero-order valence-corrected chi connectivity index (χ0v) is 26.7. The van der Waals surface area contributed by atoms with Crippen LogP contribution in [0.2, 0.25) is 0 Å². The zero-order valence-electron chi connectivity index (χ0n) is 26.7. The molecular formula is C34H45N9O2. The number of morpholine rings is 1. The minimum atomic E-state index is -0.281. The predicted molar refractivity (Wildman–Crippen MR) is 179 cm³/mol. The number of piperazine rings is 1. The summed E-state index contributed by atoms with van der Waals surface area (Å²) in [6, 6.07) is 17.3. The van der Waals surface area contributed by atoms with Gasteiger partial charge in [-0.3, -0.25) is 4.90 Å². The van der Waals surface area contributed by atoms with E-state index in [-0.39, 0.29) is 12.1 Å². The lowest BCUT2D eigenvalue weighted by atomic mass is 10.2. The van der Waals surface area contributed by atoms with Gasteiger partial charge in [-0.1, -0.05) is 0 Å². The highest BCUT2D eigenvalue weighted by Crippen LogP contribution is 2.32. The van der Waals surface area contributed by atoms with Crippen molar-refractivity contribution in [2.45, 2.75) is 70.6 Å². The number of nitrogens with zero attached hydrogens (tertiary/aromatic N) is 7. The second kappa shape index (κ2) is 12.8. The number of rotatable bonds is 7. The molecule has 3 saturated heterocycles. The van der Waals surface area contributed by atoms with E-state index < -0.39 is 0 Å². The van der Waals surface area contributed by atoms with Gasteiger partial charge < -0.3 is 30.1 Å². The maximum atomic E-state index is 12.8. The standard InChI is InChI=1S/C34H45N9O2/c1-23-4-5-24(2)43(23)33-38-31(37-32(39-33)42-20-21-45-22-25(42)3)26-6-8-27(9-7-26)35-34(44)36-28-10-12-29(13-11-28)40-16-18-41(19-17-40)30-14-15-30/h6-13,23-25,30H,4-5,14-22H2,1-3H3,(H2,35,36,44). The molecule has 2 N–H and O–H groups in total. The number of hydrogen-bond acceptors (Lipinski definition) is 9. The number of benzene rings is 2. The van der Waals surface area contributed by atoms with E-state index in [2.05, 4.69) is 63.1 Å². The maximum Gasteiger partial charge on any atom is 0.323 e. The van der Waals surface area contributed by atoms with Gasteiger partial charge in [0.05, 0.1) is 19.3 Å². The third-order valence-electron chi connectivity index (χ3n) is 9.69. The molecule has 3 aliphatic heterocycles. The van der Waals surface area contributed by atoms with Crippen molar-refractivity contribution in [3.05, 3.63) is 48.5 Å². The number of aromatic nitrogens is 3. The minimum Gasteiger partial charge on any atom is -0.377 e. The first kappa shape index (κ1) is 29.7. The quantitative estimate of drug-likeness (QED) is 0.379. The molecule has 3 atom stereocenters. The summed E-state index contributed by atoms with van der Waals surface area (Å²) in [6.07, 6.45) is 4.96. The van der Waals surface area contributed by atoms with Crippen LogP contribution in [0.15, 0.2) is 48.5 Å². The van der Waals surface area contributed by atoms with Gasteiger partial charge in [-0.25, -0.2) is 4.79 Å². The summed E-state index contributed by atoms with van der Waals surface area (Å²) in [5.41, 5.74) is 3.53. The minimum absolute atomic E-state index is 0.180. The van der Waals surface area contributed by atoms with Crippen LogP contribution in [0, 0.1) is 0 Å². The van der Waals surface area contributed by atoms with Gasteiger partial charge in [0.1, 0.15) is 0 Å². The molecule has 0 spiro atoms. The molecule has 1 aliphatic carbocycles. The van der Waals surface area contributed by atoms with Crippen LogP contribution in [0.4, 0.5) is 33.8 Å². The van der Waals surface area contributed by atoms with Crippen molar-refractivity contribution in [2.75, 3.05) is 71.3 Å². The second-order valence-electron chi connectivity index (χ2n) is 13.0. The average Bonchev–Trinajstić information content (AvgIpc) is 3.85. The fourth-order valence-electron chi connectivity index (χ4n) is 6.88. The van der Waals surface area contributed by atoms with Crippen molar-refractivity contribution in [3.8, 4) is 11.4 Å². The number of carbonyl (C=O) groups excluding carboxylic acids is 1. The van der Waals surface area contributed by atoms with Crippen LogP contribution in [0.3, 0.4) is 0 Å². The molecule has 3 aromatic rings. The van der Waals surface area contributed by atoms with E-state index >= 15 is 0 Å². The van der Waals surface area contributed by atoms with E-state index in [9.17, 15) is 4.79 Å². The van der Waals surface area contributed by atoms with Gasteiger partial charge in [0.2, 0.25) is 11.9 Å². The summed E-state index contributed by atoms with van der Waals surface area (Å²) in [5, 5.41) is 5.92. The third kappa shape index (κ3) is 6.69. The zero-order chi connectivity index (χ0) is 30.9. The van der Waals surface area contributed by atoms with Crippen molar-refractivity contribution in [1.29, 1.82) is 0 Å². The first-order valence-electron chi connectivity index (χ1n) is 16.6. The number of nitrogens with one attached hydrogen (secondary N) is 2. The van der Waals surface area contributed by atoms with Crippen molar-refractivity contribution in [3.63, 3.8) is 0 Å².